The fourth-order valence-electron chi connectivity index (χ4n) is 4.87. The molecule has 1 fully saturated rings. The Labute approximate surface area is 197 Å². The van der Waals surface area contributed by atoms with Crippen molar-refractivity contribution in [3.05, 3.63) is 72.2 Å². The summed E-state index contributed by atoms with van der Waals surface area (Å²) in [5.41, 5.74) is 4.74. The van der Waals surface area contributed by atoms with Crippen molar-refractivity contribution < 1.29 is 8.83 Å². The van der Waals surface area contributed by atoms with Gasteiger partial charge in [-0.3, -0.25) is 0 Å². The standard InChI is InChI=1S/C15H19NO.C14H19NO/c1-16-14(12-3-2-4-12)10-11-5-6-15-13(9-11)7-8-17-15;1-3-4-13(15-2)10-11-5-6-14-12(9-11)7-8-16-14/h5-9,12,14,16H,2-4,10H2,1H3;5-9,13,15H,3-4,10H2,1-2H3. The molecule has 4 heteroatoms. The zero-order valence-electron chi connectivity index (χ0n) is 20.3. The highest BCUT2D eigenvalue weighted by molar-refractivity contribution is 5.78. The van der Waals surface area contributed by atoms with Crippen LogP contribution in [0.25, 0.3) is 21.9 Å². The molecule has 4 nitrogen and oxygen atoms in total. The quantitative estimate of drug-likeness (QED) is 0.299. The number of likely N-dealkylation sites (N-methyl/N-ethyl adjacent to an activating group) is 2. The van der Waals surface area contributed by atoms with Crippen molar-refractivity contribution in [1.82, 2.24) is 10.6 Å². The van der Waals surface area contributed by atoms with E-state index in [0.29, 0.717) is 12.1 Å². The molecule has 2 aromatic carbocycles. The van der Waals surface area contributed by atoms with Gasteiger partial charge in [0.1, 0.15) is 11.2 Å². The van der Waals surface area contributed by atoms with E-state index in [2.05, 4.69) is 61.0 Å². The maximum absolute atomic E-state index is 5.37. The van der Waals surface area contributed by atoms with Crippen molar-refractivity contribution in [1.29, 1.82) is 0 Å². The van der Waals surface area contributed by atoms with Crippen molar-refractivity contribution >= 4 is 21.9 Å². The summed E-state index contributed by atoms with van der Waals surface area (Å²) in [4.78, 5) is 0. The van der Waals surface area contributed by atoms with Crippen LogP contribution in [0.5, 0.6) is 0 Å². The highest BCUT2D eigenvalue weighted by atomic mass is 16.3. The molecule has 0 bridgehead atoms. The summed E-state index contributed by atoms with van der Waals surface area (Å²) in [5.74, 6) is 0.875. The van der Waals surface area contributed by atoms with Crippen LogP contribution in [0.15, 0.2) is 69.9 Å². The largest absolute Gasteiger partial charge is 0.464 e. The molecule has 176 valence electrons. The SMILES string of the molecule is CCCC(Cc1ccc2occc2c1)NC.CNC(Cc1ccc2occc2c1)C1CCC1. The lowest BCUT2D eigenvalue weighted by atomic mass is 9.77. The molecule has 0 radical (unpaired) electrons. The van der Waals surface area contributed by atoms with Crippen molar-refractivity contribution in [3.63, 3.8) is 0 Å². The molecule has 1 saturated carbocycles. The van der Waals surface area contributed by atoms with E-state index in [1.807, 2.05) is 19.2 Å². The fraction of sp³-hybridized carbons (Fsp3) is 0.448. The molecule has 2 N–H and O–H groups in total. The summed E-state index contributed by atoms with van der Waals surface area (Å²) < 4.78 is 10.7. The van der Waals surface area contributed by atoms with Gasteiger partial charge in [-0.05, 0) is 99.6 Å². The highest BCUT2D eigenvalue weighted by Crippen LogP contribution is 2.31. The first kappa shape index (κ1) is 23.6. The van der Waals surface area contributed by atoms with E-state index >= 15 is 0 Å². The zero-order chi connectivity index (χ0) is 23.0. The molecule has 2 atom stereocenters. The Balaban J connectivity index is 0.000000157. The predicted molar refractivity (Wildman–Crippen MR) is 138 cm³/mol. The topological polar surface area (TPSA) is 50.3 Å². The molecule has 4 aromatic rings. The van der Waals surface area contributed by atoms with Crippen molar-refractivity contribution in [2.45, 2.75) is 64.0 Å². The molecular weight excluding hydrogens is 408 g/mol. The number of furan rings is 2. The summed E-state index contributed by atoms with van der Waals surface area (Å²) >= 11 is 0. The Morgan fingerprint density at radius 2 is 1.42 bits per heavy atom. The third kappa shape index (κ3) is 6.07. The second-order valence-electron chi connectivity index (χ2n) is 9.35. The Morgan fingerprint density at radius 1 is 0.818 bits per heavy atom. The third-order valence-corrected chi connectivity index (χ3v) is 7.11. The molecular formula is C29H38N2O2. The van der Waals surface area contributed by atoms with E-state index in [1.165, 1.54) is 54.0 Å². The van der Waals surface area contributed by atoms with Crippen LogP contribution in [0.2, 0.25) is 0 Å². The molecule has 0 aliphatic heterocycles. The average molecular weight is 447 g/mol. The lowest BCUT2D eigenvalue weighted by Crippen LogP contribution is -2.38. The molecule has 2 aromatic heterocycles. The molecule has 1 aliphatic carbocycles. The second kappa shape index (κ2) is 11.5. The summed E-state index contributed by atoms with van der Waals surface area (Å²) in [5, 5.41) is 9.25. The van der Waals surface area contributed by atoms with Crippen LogP contribution in [-0.2, 0) is 12.8 Å². The second-order valence-corrected chi connectivity index (χ2v) is 9.35. The van der Waals surface area contributed by atoms with E-state index in [-0.39, 0.29) is 0 Å². The van der Waals surface area contributed by atoms with Crippen molar-refractivity contribution in [3.8, 4) is 0 Å². The van der Waals surface area contributed by atoms with Gasteiger partial charge < -0.3 is 19.5 Å². The van der Waals surface area contributed by atoms with Crippen LogP contribution in [-0.4, -0.2) is 26.2 Å². The Morgan fingerprint density at radius 3 is 1.91 bits per heavy atom. The maximum atomic E-state index is 5.37. The minimum absolute atomic E-state index is 0.578. The summed E-state index contributed by atoms with van der Waals surface area (Å²) in [6.07, 6.45) is 12.3. The van der Waals surface area contributed by atoms with Gasteiger partial charge in [-0.25, -0.2) is 0 Å². The first-order chi connectivity index (χ1) is 16.2. The van der Waals surface area contributed by atoms with Crippen LogP contribution in [0.4, 0.5) is 0 Å². The number of hydrogen-bond donors (Lipinski definition) is 2. The molecule has 0 spiro atoms. The van der Waals surface area contributed by atoms with Crippen LogP contribution in [0, 0.1) is 5.92 Å². The number of fused-ring (bicyclic) bond motifs is 2. The maximum Gasteiger partial charge on any atom is 0.133 e. The normalized spacial score (nSPS) is 15.7. The van der Waals surface area contributed by atoms with Crippen molar-refractivity contribution in [2.75, 3.05) is 14.1 Å². The predicted octanol–water partition coefficient (Wildman–Crippen LogP) is 6.73. The lowest BCUT2D eigenvalue weighted by molar-refractivity contribution is 0.236. The Hall–Kier alpha value is -2.56. The van der Waals surface area contributed by atoms with Gasteiger partial charge in [0.05, 0.1) is 12.5 Å². The van der Waals surface area contributed by atoms with Crippen LogP contribution < -0.4 is 10.6 Å². The van der Waals surface area contributed by atoms with Crippen LogP contribution in [0.1, 0.15) is 50.2 Å². The van der Waals surface area contributed by atoms with E-state index in [0.717, 1.165) is 29.9 Å². The number of benzene rings is 2. The lowest BCUT2D eigenvalue weighted by Gasteiger charge is -2.33. The molecule has 5 rings (SSSR count). The first-order valence-corrected chi connectivity index (χ1v) is 12.5. The molecule has 33 heavy (non-hydrogen) atoms. The van der Waals surface area contributed by atoms with Gasteiger partial charge in [-0.15, -0.1) is 0 Å². The van der Waals surface area contributed by atoms with Crippen LogP contribution >= 0.6 is 0 Å². The summed E-state index contributed by atoms with van der Waals surface area (Å²) in [7, 11) is 4.12. The van der Waals surface area contributed by atoms with Gasteiger partial charge in [-0.2, -0.15) is 0 Å². The van der Waals surface area contributed by atoms with Crippen LogP contribution in [0.3, 0.4) is 0 Å². The molecule has 2 unspecified atom stereocenters. The van der Waals surface area contributed by atoms with Gasteiger partial charge in [0.25, 0.3) is 0 Å². The first-order valence-electron chi connectivity index (χ1n) is 12.5. The van der Waals surface area contributed by atoms with Gasteiger partial charge >= 0.3 is 0 Å². The summed E-state index contributed by atoms with van der Waals surface area (Å²) in [6, 6.07) is 18.2. The third-order valence-electron chi connectivity index (χ3n) is 7.11. The monoisotopic (exact) mass is 446 g/mol. The number of nitrogens with one attached hydrogen (secondary N) is 2. The van der Waals surface area contributed by atoms with E-state index in [9.17, 15) is 0 Å². The minimum Gasteiger partial charge on any atom is -0.464 e. The van der Waals surface area contributed by atoms with Gasteiger partial charge in [-0.1, -0.05) is 31.9 Å². The number of rotatable bonds is 9. The van der Waals surface area contributed by atoms with Crippen molar-refractivity contribution in [2.24, 2.45) is 5.92 Å². The average Bonchev–Trinajstić information content (AvgIpc) is 3.46. The van der Waals surface area contributed by atoms with Gasteiger partial charge in [0.2, 0.25) is 0 Å². The Kier molecular flexibility index (Phi) is 8.25. The van der Waals surface area contributed by atoms with Gasteiger partial charge in [0, 0.05) is 22.9 Å². The van der Waals surface area contributed by atoms with E-state index in [1.54, 1.807) is 12.5 Å². The fourth-order valence-corrected chi connectivity index (χ4v) is 4.87. The van der Waals surface area contributed by atoms with E-state index < -0.39 is 0 Å². The molecule has 0 saturated heterocycles. The Bertz CT molecular complexity index is 1120. The molecule has 2 heterocycles. The summed E-state index contributed by atoms with van der Waals surface area (Å²) in [6.45, 7) is 2.23. The van der Waals surface area contributed by atoms with Gasteiger partial charge in [0.15, 0.2) is 0 Å². The smallest absolute Gasteiger partial charge is 0.133 e. The zero-order valence-corrected chi connectivity index (χ0v) is 20.3. The minimum atomic E-state index is 0.578. The highest BCUT2D eigenvalue weighted by Gasteiger charge is 2.26. The van der Waals surface area contributed by atoms with E-state index in [4.69, 9.17) is 8.83 Å². The molecule has 1 aliphatic rings. The molecule has 0 amide bonds. The number of hydrogen-bond acceptors (Lipinski definition) is 4.